The van der Waals surface area contributed by atoms with Crippen LogP contribution in [0.3, 0.4) is 0 Å². The van der Waals surface area contributed by atoms with Crippen molar-refractivity contribution in [3.8, 4) is 0 Å². The summed E-state index contributed by atoms with van der Waals surface area (Å²) in [4.78, 5) is 10.5. The van der Waals surface area contributed by atoms with Crippen molar-refractivity contribution in [1.82, 2.24) is 0 Å². The van der Waals surface area contributed by atoms with Gasteiger partial charge in [0.25, 0.3) is 0 Å². The first-order chi connectivity index (χ1) is 6.56. The zero-order valence-corrected chi connectivity index (χ0v) is 8.15. The molecule has 0 atom stereocenters. The Morgan fingerprint density at radius 3 is 2.20 bits per heavy atom. The van der Waals surface area contributed by atoms with E-state index >= 15 is 0 Å². The van der Waals surface area contributed by atoms with Crippen LogP contribution in [-0.4, -0.2) is 40.5 Å². The van der Waals surface area contributed by atoms with Gasteiger partial charge in [0.15, 0.2) is 0 Å². The van der Waals surface area contributed by atoms with E-state index in [-0.39, 0.29) is 23.8 Å². The molecule has 0 aliphatic carbocycles. The van der Waals surface area contributed by atoms with Crippen molar-refractivity contribution in [2.24, 2.45) is 0 Å². The van der Waals surface area contributed by atoms with Gasteiger partial charge in [-0.25, -0.2) is 4.79 Å². The Labute approximate surface area is 99.7 Å². The zero-order chi connectivity index (χ0) is 10.6. The van der Waals surface area contributed by atoms with Gasteiger partial charge in [-0.05, 0) is 12.1 Å². The molecule has 0 aliphatic heterocycles. The molecule has 5 nitrogen and oxygen atoms in total. The minimum absolute atomic E-state index is 0. The standard InChI is InChI=1S/C8H8O5S.Li.H/c1-12-8(9)13-14(10,11)7-5-3-2-4-6-7;;/h2-6H,1H3;;. The van der Waals surface area contributed by atoms with Crippen LogP contribution in [0, 0.1) is 0 Å². The van der Waals surface area contributed by atoms with Gasteiger partial charge < -0.3 is 8.92 Å². The van der Waals surface area contributed by atoms with Crippen molar-refractivity contribution >= 4 is 35.1 Å². The van der Waals surface area contributed by atoms with Crippen LogP contribution in [0.1, 0.15) is 0 Å². The fourth-order valence-electron chi connectivity index (χ4n) is 0.759. The number of carbonyl (C=O) groups excluding carboxylic acids is 1. The average molecular weight is 224 g/mol. The van der Waals surface area contributed by atoms with E-state index in [1.54, 1.807) is 6.07 Å². The Morgan fingerprint density at radius 1 is 1.20 bits per heavy atom. The third-order valence-electron chi connectivity index (χ3n) is 1.38. The van der Waals surface area contributed by atoms with Crippen molar-refractivity contribution < 1.29 is 22.1 Å². The Hall–Kier alpha value is -0.963. The monoisotopic (exact) mass is 224 g/mol. The number of benzene rings is 1. The number of hydrogen-bond donors (Lipinski definition) is 0. The summed E-state index contributed by atoms with van der Waals surface area (Å²) >= 11 is 0. The van der Waals surface area contributed by atoms with Crippen LogP contribution in [0.4, 0.5) is 4.79 Å². The second kappa shape index (κ2) is 5.81. The van der Waals surface area contributed by atoms with E-state index in [0.717, 1.165) is 7.11 Å². The van der Waals surface area contributed by atoms with Crippen molar-refractivity contribution in [3.05, 3.63) is 30.3 Å². The van der Waals surface area contributed by atoms with Crippen LogP contribution < -0.4 is 0 Å². The summed E-state index contributed by atoms with van der Waals surface area (Å²) in [5, 5.41) is 0. The van der Waals surface area contributed by atoms with Gasteiger partial charge in [0.1, 0.15) is 4.90 Å². The number of methoxy groups -OCH3 is 1. The molecule has 0 saturated carbocycles. The Bertz CT molecular complexity index is 414. The summed E-state index contributed by atoms with van der Waals surface area (Å²) < 4.78 is 30.7. The zero-order valence-electron chi connectivity index (χ0n) is 7.34. The molecule has 7 heteroatoms. The molecule has 0 heterocycles. The van der Waals surface area contributed by atoms with E-state index in [4.69, 9.17) is 0 Å². The van der Waals surface area contributed by atoms with E-state index in [1.807, 2.05) is 0 Å². The molecule has 0 spiro atoms. The van der Waals surface area contributed by atoms with Crippen LogP contribution in [0.2, 0.25) is 0 Å². The SMILES string of the molecule is COC(=O)OS(=O)(=O)c1ccccc1.[LiH]. The normalized spacial score (nSPS) is 9.93. The molecule has 0 N–H and O–H groups in total. The van der Waals surface area contributed by atoms with E-state index in [0.29, 0.717) is 0 Å². The molecule has 1 rings (SSSR count). The van der Waals surface area contributed by atoms with Crippen molar-refractivity contribution in [2.45, 2.75) is 4.90 Å². The maximum atomic E-state index is 11.3. The molecule has 0 amide bonds. The van der Waals surface area contributed by atoms with Gasteiger partial charge in [0, 0.05) is 0 Å². The van der Waals surface area contributed by atoms with E-state index < -0.39 is 16.3 Å². The number of rotatable bonds is 2. The van der Waals surface area contributed by atoms with Crippen molar-refractivity contribution in [1.29, 1.82) is 0 Å². The van der Waals surface area contributed by atoms with Gasteiger partial charge >= 0.3 is 35.1 Å². The van der Waals surface area contributed by atoms with Gasteiger partial charge in [-0.15, -0.1) is 0 Å². The molecule has 78 valence electrons. The molecule has 1 aromatic carbocycles. The molecule has 0 radical (unpaired) electrons. The Balaban J connectivity index is 0.00000196. The predicted molar refractivity (Wildman–Crippen MR) is 54.3 cm³/mol. The van der Waals surface area contributed by atoms with Crippen LogP contribution in [-0.2, 0) is 19.0 Å². The van der Waals surface area contributed by atoms with Crippen LogP contribution in [0.25, 0.3) is 0 Å². The van der Waals surface area contributed by atoms with E-state index in [2.05, 4.69) is 8.92 Å². The molecule has 0 bridgehead atoms. The number of hydrogen-bond acceptors (Lipinski definition) is 5. The van der Waals surface area contributed by atoms with E-state index in [1.165, 1.54) is 24.3 Å². The van der Waals surface area contributed by atoms with Crippen LogP contribution in [0.5, 0.6) is 0 Å². The quantitative estimate of drug-likeness (QED) is 0.416. The third kappa shape index (κ3) is 3.96. The summed E-state index contributed by atoms with van der Waals surface area (Å²) in [7, 11) is -3.02. The number of ether oxygens (including phenoxy) is 1. The minimum atomic E-state index is -4.05. The molecular weight excluding hydrogens is 215 g/mol. The molecule has 1 aromatic rings. The summed E-state index contributed by atoms with van der Waals surface area (Å²) in [6.45, 7) is 0. The molecule has 0 aliphatic rings. The summed E-state index contributed by atoms with van der Waals surface area (Å²) in [5.74, 6) is 0. The van der Waals surface area contributed by atoms with E-state index in [9.17, 15) is 13.2 Å². The third-order valence-corrected chi connectivity index (χ3v) is 2.58. The van der Waals surface area contributed by atoms with Gasteiger partial charge in [-0.3, -0.25) is 0 Å². The van der Waals surface area contributed by atoms with Crippen molar-refractivity contribution in [2.75, 3.05) is 7.11 Å². The molecule has 0 aromatic heterocycles. The topological polar surface area (TPSA) is 69.7 Å². The molecule has 15 heavy (non-hydrogen) atoms. The Kier molecular flexibility index (Phi) is 5.43. The second-order valence-electron chi connectivity index (χ2n) is 2.30. The van der Waals surface area contributed by atoms with Gasteiger partial charge in [0.2, 0.25) is 0 Å². The molecule has 0 fully saturated rings. The first-order valence-corrected chi connectivity index (χ1v) is 5.04. The second-order valence-corrected chi connectivity index (χ2v) is 3.85. The van der Waals surface area contributed by atoms with Crippen LogP contribution >= 0.6 is 0 Å². The summed E-state index contributed by atoms with van der Waals surface area (Å²) in [6.07, 6.45) is -1.26. The number of carbonyl (C=O) groups is 1. The molecule has 0 unspecified atom stereocenters. The van der Waals surface area contributed by atoms with Crippen LogP contribution in [0.15, 0.2) is 35.2 Å². The molecular formula is C8H9LiO5S. The van der Waals surface area contributed by atoms with Gasteiger partial charge in [-0.1, -0.05) is 18.2 Å². The molecule has 0 saturated heterocycles. The fourth-order valence-corrected chi connectivity index (χ4v) is 1.59. The average Bonchev–Trinajstić information content (AvgIpc) is 2.18. The summed E-state index contributed by atoms with van der Waals surface area (Å²) in [5.41, 5.74) is 0. The Morgan fingerprint density at radius 2 is 1.73 bits per heavy atom. The summed E-state index contributed by atoms with van der Waals surface area (Å²) in [6, 6.07) is 7.33. The predicted octanol–water partition coefficient (Wildman–Crippen LogP) is 0.510. The fraction of sp³-hybridized carbons (Fsp3) is 0.125. The maximum absolute atomic E-state index is 11.3. The first-order valence-electron chi connectivity index (χ1n) is 3.64. The van der Waals surface area contributed by atoms with Crippen molar-refractivity contribution in [3.63, 3.8) is 0 Å². The van der Waals surface area contributed by atoms with Gasteiger partial charge in [0.05, 0.1) is 7.11 Å². The van der Waals surface area contributed by atoms with Gasteiger partial charge in [-0.2, -0.15) is 8.42 Å². The first kappa shape index (κ1) is 14.0.